The van der Waals surface area contributed by atoms with Crippen LogP contribution in [0.3, 0.4) is 0 Å². The van der Waals surface area contributed by atoms with Crippen LogP contribution < -0.4 is 9.62 Å². The first kappa shape index (κ1) is 17.5. The molecule has 7 heteroatoms. The fourth-order valence-corrected chi connectivity index (χ4v) is 3.49. The fraction of sp³-hybridized carbons (Fsp3) is 0.278. The number of hydrogen-bond donors (Lipinski definition) is 1. The summed E-state index contributed by atoms with van der Waals surface area (Å²) in [4.78, 5) is 13.2. The van der Waals surface area contributed by atoms with E-state index in [2.05, 4.69) is 4.72 Å². The maximum Gasteiger partial charge on any atom is 0.227 e. The number of carbonyl (C=O) groups is 1. The fourth-order valence-electron chi connectivity index (χ4n) is 3.00. The van der Waals surface area contributed by atoms with Crippen molar-refractivity contribution in [2.45, 2.75) is 19.3 Å². The number of halogens is 2. The van der Waals surface area contributed by atoms with Crippen molar-refractivity contribution in [2.75, 3.05) is 22.4 Å². The van der Waals surface area contributed by atoms with Crippen LogP contribution in [0.2, 0.25) is 0 Å². The Morgan fingerprint density at radius 2 is 1.80 bits per heavy atom. The van der Waals surface area contributed by atoms with Crippen molar-refractivity contribution in [2.24, 2.45) is 0 Å². The highest BCUT2D eigenvalue weighted by molar-refractivity contribution is 7.85. The van der Waals surface area contributed by atoms with Crippen molar-refractivity contribution in [3.63, 3.8) is 0 Å². The van der Waals surface area contributed by atoms with E-state index in [1.807, 2.05) is 0 Å². The van der Waals surface area contributed by atoms with E-state index in [4.69, 9.17) is 0 Å². The molecule has 4 nitrogen and oxygen atoms in total. The van der Waals surface area contributed by atoms with Crippen LogP contribution >= 0.6 is 0 Å². The molecule has 0 saturated carbocycles. The van der Waals surface area contributed by atoms with E-state index in [1.54, 1.807) is 24.3 Å². The highest BCUT2D eigenvalue weighted by atomic mass is 32.2. The van der Waals surface area contributed by atoms with E-state index < -0.39 is 22.6 Å². The predicted octanol–water partition coefficient (Wildman–Crippen LogP) is 3.85. The Morgan fingerprint density at radius 1 is 1.12 bits per heavy atom. The molecular weight excluding hydrogens is 346 g/mol. The Hall–Kier alpha value is -2.28. The number of amides is 1. The van der Waals surface area contributed by atoms with Crippen molar-refractivity contribution in [1.29, 1.82) is 0 Å². The van der Waals surface area contributed by atoms with Gasteiger partial charge in [0.05, 0.1) is 5.69 Å². The minimum atomic E-state index is -1.31. The van der Waals surface area contributed by atoms with Crippen LogP contribution in [-0.4, -0.2) is 22.9 Å². The minimum Gasteiger partial charge on any atom is -0.307 e. The van der Waals surface area contributed by atoms with Gasteiger partial charge in [0.15, 0.2) is 11.6 Å². The topological polar surface area (TPSA) is 49.4 Å². The average Bonchev–Trinajstić information content (AvgIpc) is 2.56. The van der Waals surface area contributed by atoms with Gasteiger partial charge in [0.1, 0.15) is 16.7 Å². The quantitative estimate of drug-likeness (QED) is 0.896. The Labute approximate surface area is 147 Å². The second-order valence-electron chi connectivity index (χ2n) is 5.89. The Bertz CT molecular complexity index is 819. The molecule has 0 aliphatic carbocycles. The molecule has 1 N–H and O–H groups in total. The van der Waals surface area contributed by atoms with Crippen LogP contribution in [0.5, 0.6) is 0 Å². The van der Waals surface area contributed by atoms with E-state index in [0.717, 1.165) is 12.8 Å². The molecule has 1 aliphatic heterocycles. The number of piperidine rings is 1. The lowest BCUT2D eigenvalue weighted by atomic mass is 10.0. The molecule has 132 valence electrons. The molecule has 0 bridgehead atoms. The minimum absolute atomic E-state index is 0.264. The molecule has 0 spiro atoms. The third-order valence-corrected chi connectivity index (χ3v) is 4.61. The number of rotatable bonds is 4. The molecule has 0 radical (unpaired) electrons. The van der Waals surface area contributed by atoms with Gasteiger partial charge in [0, 0.05) is 24.8 Å². The van der Waals surface area contributed by atoms with E-state index in [9.17, 15) is 17.8 Å². The monoisotopic (exact) mass is 364 g/mol. The number of hydrogen-bond acceptors (Lipinski definition) is 2. The maximum absolute atomic E-state index is 14.6. The summed E-state index contributed by atoms with van der Waals surface area (Å²) in [6.45, 7) is 0.318. The van der Waals surface area contributed by atoms with Crippen molar-refractivity contribution in [3.8, 4) is 11.1 Å². The van der Waals surface area contributed by atoms with Gasteiger partial charge < -0.3 is 9.62 Å². The smallest absolute Gasteiger partial charge is 0.227 e. The molecule has 1 atom stereocenters. The van der Waals surface area contributed by atoms with Gasteiger partial charge in [-0.2, -0.15) is 0 Å². The maximum atomic E-state index is 14.6. The van der Waals surface area contributed by atoms with E-state index in [0.29, 0.717) is 29.8 Å². The third-order valence-electron chi connectivity index (χ3n) is 4.10. The van der Waals surface area contributed by atoms with Gasteiger partial charge in [-0.15, -0.1) is 0 Å². The summed E-state index contributed by atoms with van der Waals surface area (Å²) < 4.78 is 43.5. The summed E-state index contributed by atoms with van der Waals surface area (Å²) in [5.41, 5.74) is 1.07. The zero-order valence-corrected chi connectivity index (χ0v) is 14.5. The SMILES string of the molecule is CS(=O)Nc1ccccc1-c1cc(F)c(N2CCCCC2=O)c(F)c1. The molecule has 2 aromatic carbocycles. The van der Waals surface area contributed by atoms with Crippen molar-refractivity contribution in [3.05, 3.63) is 48.0 Å². The summed E-state index contributed by atoms with van der Waals surface area (Å²) >= 11 is 0. The molecule has 1 saturated heterocycles. The largest absolute Gasteiger partial charge is 0.307 e. The molecule has 1 amide bonds. The van der Waals surface area contributed by atoms with Crippen LogP contribution in [0.15, 0.2) is 36.4 Å². The summed E-state index contributed by atoms with van der Waals surface area (Å²) in [6, 6.07) is 9.27. The van der Waals surface area contributed by atoms with Gasteiger partial charge in [-0.1, -0.05) is 18.2 Å². The number of anilines is 2. The van der Waals surface area contributed by atoms with Gasteiger partial charge in [0.25, 0.3) is 0 Å². The van der Waals surface area contributed by atoms with E-state index >= 15 is 0 Å². The summed E-state index contributed by atoms with van der Waals surface area (Å²) in [5, 5.41) is 0. The highest BCUT2D eigenvalue weighted by Crippen LogP contribution is 2.34. The van der Waals surface area contributed by atoms with Crippen LogP contribution in [0.1, 0.15) is 19.3 Å². The second kappa shape index (κ2) is 7.31. The van der Waals surface area contributed by atoms with E-state index in [-0.39, 0.29) is 11.6 Å². The molecular formula is C18H18F2N2O2S. The van der Waals surface area contributed by atoms with Crippen LogP contribution in [0.4, 0.5) is 20.2 Å². The number of para-hydroxylation sites is 1. The Morgan fingerprint density at radius 3 is 2.44 bits per heavy atom. The number of benzene rings is 2. The normalized spacial score (nSPS) is 16.0. The predicted molar refractivity (Wildman–Crippen MR) is 95.7 cm³/mol. The number of carbonyl (C=O) groups excluding carboxylic acids is 1. The zero-order chi connectivity index (χ0) is 18.0. The molecule has 1 aliphatic rings. The summed E-state index contributed by atoms with van der Waals surface area (Å²) in [5.74, 6) is -1.82. The molecule has 1 fully saturated rings. The lowest BCUT2D eigenvalue weighted by Crippen LogP contribution is -2.36. The van der Waals surface area contributed by atoms with Crippen LogP contribution in [-0.2, 0) is 15.8 Å². The molecule has 1 heterocycles. The summed E-state index contributed by atoms with van der Waals surface area (Å²) in [6.07, 6.45) is 3.24. The van der Waals surface area contributed by atoms with Gasteiger partial charge in [-0.3, -0.25) is 4.79 Å². The van der Waals surface area contributed by atoms with E-state index in [1.165, 1.54) is 23.3 Å². The lowest BCUT2D eigenvalue weighted by molar-refractivity contribution is -0.119. The molecule has 0 aromatic heterocycles. The Kier molecular flexibility index (Phi) is 5.13. The van der Waals surface area contributed by atoms with Crippen molar-refractivity contribution >= 4 is 28.3 Å². The van der Waals surface area contributed by atoms with Gasteiger partial charge in [-0.05, 0) is 36.6 Å². The average molecular weight is 364 g/mol. The zero-order valence-electron chi connectivity index (χ0n) is 13.7. The molecule has 1 unspecified atom stereocenters. The molecule has 2 aromatic rings. The molecule has 25 heavy (non-hydrogen) atoms. The van der Waals surface area contributed by atoms with Crippen molar-refractivity contribution in [1.82, 2.24) is 0 Å². The van der Waals surface area contributed by atoms with Gasteiger partial charge >= 0.3 is 0 Å². The first-order valence-corrected chi connectivity index (χ1v) is 9.52. The van der Waals surface area contributed by atoms with Gasteiger partial charge in [-0.25, -0.2) is 13.0 Å². The van der Waals surface area contributed by atoms with Crippen LogP contribution in [0.25, 0.3) is 11.1 Å². The first-order chi connectivity index (χ1) is 12.0. The first-order valence-electron chi connectivity index (χ1n) is 7.96. The van der Waals surface area contributed by atoms with Gasteiger partial charge in [0.2, 0.25) is 5.91 Å². The van der Waals surface area contributed by atoms with Crippen molar-refractivity contribution < 1.29 is 17.8 Å². The number of nitrogens with zero attached hydrogens (tertiary/aromatic N) is 1. The second-order valence-corrected chi connectivity index (χ2v) is 7.01. The third kappa shape index (κ3) is 3.71. The lowest BCUT2D eigenvalue weighted by Gasteiger charge is -2.27. The number of nitrogens with one attached hydrogen (secondary N) is 1. The molecule has 3 rings (SSSR count). The standard InChI is InChI=1S/C18H18F2N2O2S/c1-25(24)21-16-7-3-2-6-13(16)12-10-14(19)18(15(20)11-12)22-9-5-4-8-17(22)23/h2-3,6-7,10-11,21H,4-5,8-9H2,1H3. The Balaban J connectivity index is 2.04. The highest BCUT2D eigenvalue weighted by Gasteiger charge is 2.26. The summed E-state index contributed by atoms with van der Waals surface area (Å²) in [7, 11) is -1.31. The van der Waals surface area contributed by atoms with Crippen LogP contribution in [0, 0.1) is 11.6 Å².